The molecule has 0 saturated carbocycles. The van der Waals surface area contributed by atoms with Gasteiger partial charge in [0.15, 0.2) is 6.61 Å². The van der Waals surface area contributed by atoms with Gasteiger partial charge in [0.1, 0.15) is 5.75 Å². The second kappa shape index (κ2) is 10.4. The summed E-state index contributed by atoms with van der Waals surface area (Å²) in [4.78, 5) is 23.5. The summed E-state index contributed by atoms with van der Waals surface area (Å²) >= 11 is 6.11. The van der Waals surface area contributed by atoms with E-state index in [1.54, 1.807) is 12.1 Å². The van der Waals surface area contributed by atoms with Crippen molar-refractivity contribution in [2.24, 2.45) is 5.92 Å². The predicted octanol–water partition coefficient (Wildman–Crippen LogP) is 3.08. The van der Waals surface area contributed by atoms with Gasteiger partial charge in [0.05, 0.1) is 22.6 Å². The molecule has 0 unspecified atom stereocenters. The number of ether oxygens (including phenoxy) is 2. The molecule has 0 radical (unpaired) electrons. The average Bonchev–Trinajstić information content (AvgIpc) is 2.71. The molecule has 0 saturated heterocycles. The molecule has 2 rings (SSSR count). The van der Waals surface area contributed by atoms with E-state index < -0.39 is 21.9 Å². The summed E-state index contributed by atoms with van der Waals surface area (Å²) in [7, 11) is -2.40. The maximum absolute atomic E-state index is 12.3. The summed E-state index contributed by atoms with van der Waals surface area (Å²) in [6.45, 7) is 3.76. The van der Waals surface area contributed by atoms with E-state index in [0.29, 0.717) is 17.8 Å². The van der Waals surface area contributed by atoms with E-state index >= 15 is 0 Å². The number of nitrogens with one attached hydrogen (secondary N) is 2. The molecule has 0 atom stereocenters. The van der Waals surface area contributed by atoms with Gasteiger partial charge in [0.2, 0.25) is 10.0 Å². The normalized spacial score (nSPS) is 11.2. The maximum Gasteiger partial charge on any atom is 0.337 e. The van der Waals surface area contributed by atoms with E-state index in [-0.39, 0.29) is 28.2 Å². The van der Waals surface area contributed by atoms with Crippen LogP contribution in [0.3, 0.4) is 0 Å². The molecule has 0 aromatic heterocycles. The first kappa shape index (κ1) is 23.7. The third kappa shape index (κ3) is 6.72. The second-order valence-corrected chi connectivity index (χ2v) is 8.92. The largest absolute Gasteiger partial charge is 0.482 e. The number of methoxy groups -OCH3 is 1. The van der Waals surface area contributed by atoms with Crippen molar-refractivity contribution in [1.29, 1.82) is 0 Å². The van der Waals surface area contributed by atoms with Gasteiger partial charge in [-0.1, -0.05) is 25.4 Å². The summed E-state index contributed by atoms with van der Waals surface area (Å²) in [5.41, 5.74) is 0.830. The highest BCUT2D eigenvalue weighted by Crippen LogP contribution is 2.27. The van der Waals surface area contributed by atoms with Crippen molar-refractivity contribution in [3.8, 4) is 5.75 Å². The summed E-state index contributed by atoms with van der Waals surface area (Å²) in [5, 5.41) is 2.68. The Bertz CT molecular complexity index is 1010. The lowest BCUT2D eigenvalue weighted by molar-refractivity contribution is -0.118. The van der Waals surface area contributed by atoms with Crippen molar-refractivity contribution < 1.29 is 27.5 Å². The first-order chi connectivity index (χ1) is 14.1. The fraction of sp³-hybridized carbons (Fsp3) is 0.300. The van der Waals surface area contributed by atoms with E-state index in [4.69, 9.17) is 16.3 Å². The van der Waals surface area contributed by atoms with Gasteiger partial charge < -0.3 is 14.8 Å². The van der Waals surface area contributed by atoms with Crippen LogP contribution in [-0.2, 0) is 19.6 Å². The smallest absolute Gasteiger partial charge is 0.337 e. The quantitative estimate of drug-likeness (QED) is 0.563. The van der Waals surface area contributed by atoms with E-state index in [9.17, 15) is 18.0 Å². The molecule has 0 aliphatic carbocycles. The summed E-state index contributed by atoms with van der Waals surface area (Å²) < 4.78 is 37.0. The van der Waals surface area contributed by atoms with Crippen molar-refractivity contribution in [2.75, 3.05) is 25.6 Å². The third-order valence-corrected chi connectivity index (χ3v) is 5.56. The lowest BCUT2D eigenvalue weighted by Gasteiger charge is -2.12. The number of anilines is 1. The molecule has 162 valence electrons. The van der Waals surface area contributed by atoms with Crippen molar-refractivity contribution in [3.63, 3.8) is 0 Å². The lowest BCUT2D eigenvalue weighted by atomic mass is 10.2. The number of carbonyl (C=O) groups is 2. The van der Waals surface area contributed by atoms with Crippen LogP contribution in [0.2, 0.25) is 5.02 Å². The van der Waals surface area contributed by atoms with E-state index in [1.165, 1.54) is 37.4 Å². The molecule has 2 aromatic carbocycles. The van der Waals surface area contributed by atoms with Gasteiger partial charge in [-0.05, 0) is 48.4 Å². The highest BCUT2D eigenvalue weighted by atomic mass is 35.5. The molecule has 0 spiro atoms. The SMILES string of the molecule is COC(=O)c1ccc(NC(=O)COc2ccc(S(=O)(=O)NCC(C)C)cc2Cl)cc1. The lowest BCUT2D eigenvalue weighted by Crippen LogP contribution is -2.27. The van der Waals surface area contributed by atoms with Gasteiger partial charge in [0.25, 0.3) is 5.91 Å². The summed E-state index contributed by atoms with van der Waals surface area (Å²) in [5.74, 6) is -0.591. The first-order valence-electron chi connectivity index (χ1n) is 9.02. The second-order valence-electron chi connectivity index (χ2n) is 6.74. The molecular formula is C20H23ClN2O6S. The molecule has 8 nitrogen and oxygen atoms in total. The van der Waals surface area contributed by atoms with Gasteiger partial charge in [-0.25, -0.2) is 17.9 Å². The van der Waals surface area contributed by atoms with Gasteiger partial charge in [-0.3, -0.25) is 4.79 Å². The first-order valence-corrected chi connectivity index (χ1v) is 10.9. The molecule has 2 N–H and O–H groups in total. The molecule has 1 amide bonds. The molecule has 30 heavy (non-hydrogen) atoms. The Hall–Kier alpha value is -2.62. The number of amides is 1. The molecule has 0 fully saturated rings. The zero-order chi connectivity index (χ0) is 22.3. The van der Waals surface area contributed by atoms with E-state index in [1.807, 2.05) is 13.8 Å². The van der Waals surface area contributed by atoms with E-state index in [2.05, 4.69) is 14.8 Å². The Balaban J connectivity index is 1.95. The molecule has 0 aliphatic rings. The number of hydrogen-bond acceptors (Lipinski definition) is 6. The number of carbonyl (C=O) groups excluding carboxylic acids is 2. The molecule has 0 bridgehead atoms. The standard InChI is InChI=1S/C20H23ClN2O6S/c1-13(2)11-22-30(26,27)16-8-9-18(17(21)10-16)29-12-19(24)23-15-6-4-14(5-7-15)20(25)28-3/h4-10,13,22H,11-12H2,1-3H3,(H,23,24). The Labute approximate surface area is 180 Å². The van der Waals surface area contributed by atoms with Crippen LogP contribution in [0, 0.1) is 5.92 Å². The minimum absolute atomic E-state index is 0.00986. The van der Waals surface area contributed by atoms with Crippen LogP contribution in [0.15, 0.2) is 47.4 Å². The Morgan fingerprint density at radius 1 is 1.10 bits per heavy atom. The Kier molecular flexibility index (Phi) is 8.22. The monoisotopic (exact) mass is 454 g/mol. The summed E-state index contributed by atoms with van der Waals surface area (Å²) in [6, 6.07) is 10.2. The maximum atomic E-state index is 12.3. The third-order valence-electron chi connectivity index (χ3n) is 3.84. The summed E-state index contributed by atoms with van der Waals surface area (Å²) in [6.07, 6.45) is 0. The highest BCUT2D eigenvalue weighted by Gasteiger charge is 2.17. The van der Waals surface area contributed by atoms with Gasteiger partial charge in [-0.2, -0.15) is 0 Å². The predicted molar refractivity (Wildman–Crippen MR) is 113 cm³/mol. The Morgan fingerprint density at radius 2 is 1.77 bits per heavy atom. The van der Waals surface area contributed by atoms with Crippen LogP contribution in [0.25, 0.3) is 0 Å². The molecule has 0 heterocycles. The number of sulfonamides is 1. The minimum Gasteiger partial charge on any atom is -0.482 e. The van der Waals surface area contributed by atoms with Crippen molar-refractivity contribution >= 4 is 39.2 Å². The van der Waals surface area contributed by atoms with Crippen molar-refractivity contribution in [1.82, 2.24) is 4.72 Å². The molecule has 10 heteroatoms. The topological polar surface area (TPSA) is 111 Å². The number of esters is 1. The minimum atomic E-state index is -3.68. The van der Waals surface area contributed by atoms with Crippen LogP contribution in [-0.4, -0.2) is 40.6 Å². The highest BCUT2D eigenvalue weighted by molar-refractivity contribution is 7.89. The molecular weight excluding hydrogens is 432 g/mol. The number of rotatable bonds is 9. The number of hydrogen-bond donors (Lipinski definition) is 2. The zero-order valence-electron chi connectivity index (χ0n) is 16.8. The van der Waals surface area contributed by atoms with Crippen LogP contribution in [0.4, 0.5) is 5.69 Å². The molecule has 0 aliphatic heterocycles. The van der Waals surface area contributed by atoms with Crippen LogP contribution < -0.4 is 14.8 Å². The van der Waals surface area contributed by atoms with Crippen LogP contribution in [0.5, 0.6) is 5.75 Å². The molecule has 2 aromatic rings. The van der Waals surface area contributed by atoms with Crippen LogP contribution >= 0.6 is 11.6 Å². The fourth-order valence-electron chi connectivity index (χ4n) is 2.27. The van der Waals surface area contributed by atoms with Gasteiger partial charge in [-0.15, -0.1) is 0 Å². The fourth-order valence-corrected chi connectivity index (χ4v) is 3.81. The van der Waals surface area contributed by atoms with Crippen molar-refractivity contribution in [3.05, 3.63) is 53.1 Å². The van der Waals surface area contributed by atoms with E-state index in [0.717, 1.165) is 0 Å². The van der Waals surface area contributed by atoms with Crippen LogP contribution in [0.1, 0.15) is 24.2 Å². The van der Waals surface area contributed by atoms with Gasteiger partial charge >= 0.3 is 5.97 Å². The number of benzene rings is 2. The number of halogens is 1. The Morgan fingerprint density at radius 3 is 2.33 bits per heavy atom. The van der Waals surface area contributed by atoms with Crippen molar-refractivity contribution in [2.45, 2.75) is 18.7 Å². The van der Waals surface area contributed by atoms with Gasteiger partial charge in [0, 0.05) is 12.2 Å². The average molecular weight is 455 g/mol. The zero-order valence-corrected chi connectivity index (χ0v) is 18.3.